The van der Waals surface area contributed by atoms with Gasteiger partial charge in [0.2, 0.25) is 0 Å². The lowest BCUT2D eigenvalue weighted by atomic mass is 9.78. The van der Waals surface area contributed by atoms with Gasteiger partial charge in [0, 0.05) is 6.42 Å². The highest BCUT2D eigenvalue weighted by atomic mass is 32.2. The number of hydrogen-bond donors (Lipinski definition) is 0. The first kappa shape index (κ1) is 16.0. The average Bonchev–Trinajstić information content (AvgIpc) is 2.31. The van der Waals surface area contributed by atoms with Crippen LogP contribution in [0.3, 0.4) is 0 Å². The third-order valence-electron chi connectivity index (χ3n) is 2.84. The van der Waals surface area contributed by atoms with Crippen molar-refractivity contribution in [2.75, 3.05) is 6.61 Å². The molecular formula is C11H15F3O4S. The molecule has 0 saturated heterocycles. The van der Waals surface area contributed by atoms with Gasteiger partial charge < -0.3 is 8.92 Å². The number of alkyl halides is 3. The van der Waals surface area contributed by atoms with Crippen molar-refractivity contribution in [3.05, 3.63) is 11.8 Å². The molecule has 0 amide bonds. The molecule has 2 atom stereocenters. The van der Waals surface area contributed by atoms with Crippen molar-refractivity contribution >= 4 is 17.0 Å². The summed E-state index contributed by atoms with van der Waals surface area (Å²) in [4.78, 5) is 11.7. The zero-order valence-corrected chi connectivity index (χ0v) is 11.4. The van der Waals surface area contributed by atoms with E-state index in [1.54, 1.807) is 13.8 Å². The fourth-order valence-corrected chi connectivity index (χ4v) is 2.09. The second-order valence-electron chi connectivity index (χ2n) is 4.42. The van der Waals surface area contributed by atoms with Crippen LogP contribution in [0.5, 0.6) is 0 Å². The van der Waals surface area contributed by atoms with E-state index in [1.807, 2.05) is 0 Å². The Morgan fingerprint density at radius 3 is 2.58 bits per heavy atom. The highest BCUT2D eigenvalue weighted by Crippen LogP contribution is 2.37. The number of esters is 1. The predicted octanol–water partition coefficient (Wildman–Crippen LogP) is 2.82. The van der Waals surface area contributed by atoms with Crippen LogP contribution in [-0.2, 0) is 24.8 Å². The lowest BCUT2D eigenvalue weighted by molar-refractivity contribution is -0.155. The van der Waals surface area contributed by atoms with Crippen LogP contribution in [0.25, 0.3) is 0 Å². The van der Waals surface area contributed by atoms with E-state index in [0.717, 1.165) is 0 Å². The SMILES string of the molecule is CCOC(=O)C1(C)CC=C(OS(=O)C(F)(F)F)CC1. The van der Waals surface area contributed by atoms with Crippen molar-refractivity contribution in [3.8, 4) is 0 Å². The normalized spacial score (nSPS) is 25.4. The molecule has 0 bridgehead atoms. The van der Waals surface area contributed by atoms with Gasteiger partial charge in [0.05, 0.1) is 12.0 Å². The maximum Gasteiger partial charge on any atom is 0.508 e. The van der Waals surface area contributed by atoms with Crippen LogP contribution < -0.4 is 0 Å². The lowest BCUT2D eigenvalue weighted by Gasteiger charge is -2.29. The number of carbonyl (C=O) groups is 1. The standard InChI is InChI=1S/C11H15F3O4S/c1-3-17-9(15)10(2)6-4-8(5-7-10)18-19(16)11(12,13)14/h4H,3,5-7H2,1-2H3. The van der Waals surface area contributed by atoms with Gasteiger partial charge in [-0.25, -0.2) is 4.21 Å². The Kier molecular flexibility index (Phi) is 5.00. The summed E-state index contributed by atoms with van der Waals surface area (Å²) < 4.78 is 56.2. The molecular weight excluding hydrogens is 285 g/mol. The van der Waals surface area contributed by atoms with Crippen LogP contribution in [0.15, 0.2) is 11.8 Å². The molecule has 19 heavy (non-hydrogen) atoms. The van der Waals surface area contributed by atoms with Gasteiger partial charge in [-0.1, -0.05) is 0 Å². The summed E-state index contributed by atoms with van der Waals surface area (Å²) in [6, 6.07) is 0. The fourth-order valence-electron chi connectivity index (χ4n) is 1.65. The van der Waals surface area contributed by atoms with Crippen LogP contribution in [-0.4, -0.2) is 22.3 Å². The van der Waals surface area contributed by atoms with Crippen LogP contribution >= 0.6 is 0 Å². The smallest absolute Gasteiger partial charge is 0.466 e. The average molecular weight is 300 g/mol. The molecule has 4 nitrogen and oxygen atoms in total. The van der Waals surface area contributed by atoms with E-state index in [2.05, 4.69) is 4.18 Å². The molecule has 0 aromatic heterocycles. The van der Waals surface area contributed by atoms with Gasteiger partial charge in [0.25, 0.3) is 0 Å². The van der Waals surface area contributed by atoms with E-state index in [4.69, 9.17) is 4.74 Å². The minimum atomic E-state index is -4.90. The Hall–Kier alpha value is -1.05. The van der Waals surface area contributed by atoms with Crippen molar-refractivity contribution in [1.29, 1.82) is 0 Å². The molecule has 0 spiro atoms. The zero-order chi connectivity index (χ0) is 14.7. The van der Waals surface area contributed by atoms with Crippen molar-refractivity contribution in [1.82, 2.24) is 0 Å². The summed E-state index contributed by atoms with van der Waals surface area (Å²) in [6.45, 7) is 3.61. The van der Waals surface area contributed by atoms with Gasteiger partial charge in [-0.05, 0) is 32.8 Å². The van der Waals surface area contributed by atoms with Crippen LogP contribution in [0.1, 0.15) is 33.1 Å². The number of halogens is 3. The molecule has 1 rings (SSSR count). The number of rotatable bonds is 4. The van der Waals surface area contributed by atoms with Gasteiger partial charge >= 0.3 is 22.6 Å². The molecule has 0 fully saturated rings. The highest BCUT2D eigenvalue weighted by molar-refractivity contribution is 7.81. The molecule has 0 N–H and O–H groups in total. The number of ether oxygens (including phenoxy) is 1. The first-order valence-corrected chi connectivity index (χ1v) is 6.80. The zero-order valence-electron chi connectivity index (χ0n) is 10.6. The van der Waals surface area contributed by atoms with Crippen molar-refractivity contribution < 1.29 is 31.1 Å². The topological polar surface area (TPSA) is 52.6 Å². The monoisotopic (exact) mass is 300 g/mol. The van der Waals surface area contributed by atoms with E-state index in [-0.39, 0.29) is 31.2 Å². The van der Waals surface area contributed by atoms with Gasteiger partial charge in [0.1, 0.15) is 5.76 Å². The molecule has 0 heterocycles. The van der Waals surface area contributed by atoms with Gasteiger partial charge in [-0.3, -0.25) is 4.79 Å². The molecule has 1 aliphatic rings. The number of allylic oxidation sites excluding steroid dienone is 2. The van der Waals surface area contributed by atoms with E-state index in [1.165, 1.54) is 6.08 Å². The molecule has 0 aliphatic heterocycles. The van der Waals surface area contributed by atoms with Crippen LogP contribution in [0, 0.1) is 5.41 Å². The predicted molar refractivity (Wildman–Crippen MR) is 62.0 cm³/mol. The fraction of sp³-hybridized carbons (Fsp3) is 0.727. The minimum Gasteiger partial charge on any atom is -0.466 e. The van der Waals surface area contributed by atoms with Crippen molar-refractivity contribution in [3.63, 3.8) is 0 Å². The largest absolute Gasteiger partial charge is 0.508 e. The van der Waals surface area contributed by atoms with E-state index >= 15 is 0 Å². The second kappa shape index (κ2) is 5.94. The maximum absolute atomic E-state index is 12.1. The molecule has 0 aromatic rings. The third-order valence-corrected chi connectivity index (χ3v) is 3.59. The minimum absolute atomic E-state index is 0.00238. The summed E-state index contributed by atoms with van der Waals surface area (Å²) in [5.74, 6) is -0.389. The third kappa shape index (κ3) is 4.22. The Labute approximate surface area is 111 Å². The number of carbonyl (C=O) groups excluding carboxylic acids is 1. The molecule has 8 heteroatoms. The number of hydrogen-bond acceptors (Lipinski definition) is 4. The molecule has 2 unspecified atom stereocenters. The summed E-state index contributed by atoms with van der Waals surface area (Å²) in [5, 5.41) is 0. The molecule has 110 valence electrons. The summed E-state index contributed by atoms with van der Waals surface area (Å²) in [6.07, 6.45) is 1.99. The first-order chi connectivity index (χ1) is 8.69. The molecule has 0 radical (unpaired) electrons. The second-order valence-corrected chi connectivity index (χ2v) is 5.52. The molecule has 0 aromatic carbocycles. The molecule has 1 aliphatic carbocycles. The molecule has 0 saturated carbocycles. The maximum atomic E-state index is 12.1. The van der Waals surface area contributed by atoms with Gasteiger partial charge in [-0.2, -0.15) is 13.2 Å². The summed E-state index contributed by atoms with van der Waals surface area (Å²) >= 11 is -3.36. The van der Waals surface area contributed by atoms with Gasteiger partial charge in [0.15, 0.2) is 0 Å². The van der Waals surface area contributed by atoms with Crippen molar-refractivity contribution in [2.24, 2.45) is 5.41 Å². The van der Waals surface area contributed by atoms with Crippen LogP contribution in [0.4, 0.5) is 13.2 Å². The summed E-state index contributed by atoms with van der Waals surface area (Å²) in [7, 11) is 0. The van der Waals surface area contributed by atoms with E-state index < -0.39 is 22.0 Å². The van der Waals surface area contributed by atoms with Gasteiger partial charge in [-0.15, -0.1) is 0 Å². The summed E-state index contributed by atoms with van der Waals surface area (Å²) in [5.41, 5.74) is -5.66. The first-order valence-electron chi connectivity index (χ1n) is 5.72. The van der Waals surface area contributed by atoms with Crippen LogP contribution in [0.2, 0.25) is 0 Å². The Morgan fingerprint density at radius 2 is 2.16 bits per heavy atom. The van der Waals surface area contributed by atoms with E-state index in [0.29, 0.717) is 6.42 Å². The quantitative estimate of drug-likeness (QED) is 0.749. The van der Waals surface area contributed by atoms with Crippen molar-refractivity contribution in [2.45, 2.75) is 38.6 Å². The van der Waals surface area contributed by atoms with E-state index in [9.17, 15) is 22.2 Å². The lowest BCUT2D eigenvalue weighted by Crippen LogP contribution is -2.32. The Morgan fingerprint density at radius 1 is 1.53 bits per heavy atom. The highest BCUT2D eigenvalue weighted by Gasteiger charge is 2.42. The Balaban J connectivity index is 2.64. The Bertz CT molecular complexity index is 405.